The molecular weight excluding hydrogens is 336 g/mol. The minimum atomic E-state index is 0. The summed E-state index contributed by atoms with van der Waals surface area (Å²) in [5, 5.41) is 0.870. The SMILES string of the molecule is Cl.NC[C@@H]1CN(C(=O)c2coc3ccccc23)C[C@H]1c1ccccc1. The molecule has 0 unspecified atom stereocenters. The van der Waals surface area contributed by atoms with Crippen molar-refractivity contribution in [2.45, 2.75) is 5.92 Å². The lowest BCUT2D eigenvalue weighted by molar-refractivity contribution is 0.0787. The molecule has 3 aromatic rings. The van der Waals surface area contributed by atoms with Crippen LogP contribution < -0.4 is 5.73 Å². The van der Waals surface area contributed by atoms with E-state index in [0.717, 1.165) is 11.0 Å². The quantitative estimate of drug-likeness (QED) is 0.779. The molecule has 2 N–H and O–H groups in total. The molecule has 4 nitrogen and oxygen atoms in total. The second-order valence-corrected chi connectivity index (χ2v) is 6.37. The predicted molar refractivity (Wildman–Crippen MR) is 101 cm³/mol. The molecule has 130 valence electrons. The lowest BCUT2D eigenvalue weighted by Gasteiger charge is -2.16. The summed E-state index contributed by atoms with van der Waals surface area (Å²) in [6, 6.07) is 18.0. The Balaban J connectivity index is 0.00000182. The zero-order chi connectivity index (χ0) is 16.5. The highest BCUT2D eigenvalue weighted by Crippen LogP contribution is 2.33. The Bertz CT molecular complexity index is 862. The minimum Gasteiger partial charge on any atom is -0.463 e. The first-order valence-electron chi connectivity index (χ1n) is 8.28. The van der Waals surface area contributed by atoms with Crippen LogP contribution in [-0.2, 0) is 0 Å². The number of carbonyl (C=O) groups excluding carboxylic acids is 1. The molecule has 1 aromatic heterocycles. The van der Waals surface area contributed by atoms with Crippen molar-refractivity contribution in [1.29, 1.82) is 0 Å². The first-order valence-corrected chi connectivity index (χ1v) is 8.28. The van der Waals surface area contributed by atoms with Gasteiger partial charge in [0.25, 0.3) is 5.91 Å². The number of hydrogen-bond acceptors (Lipinski definition) is 3. The average molecular weight is 357 g/mol. The van der Waals surface area contributed by atoms with E-state index >= 15 is 0 Å². The Morgan fingerprint density at radius 2 is 1.80 bits per heavy atom. The van der Waals surface area contributed by atoms with Crippen molar-refractivity contribution in [1.82, 2.24) is 4.90 Å². The van der Waals surface area contributed by atoms with Gasteiger partial charge in [-0.3, -0.25) is 4.79 Å². The Hall–Kier alpha value is -2.30. The number of rotatable bonds is 3. The van der Waals surface area contributed by atoms with Crippen molar-refractivity contribution in [3.05, 3.63) is 72.0 Å². The molecule has 0 bridgehead atoms. The number of para-hydroxylation sites is 1. The average Bonchev–Trinajstić information content (AvgIpc) is 3.26. The molecule has 5 heteroatoms. The maximum atomic E-state index is 13.0. The monoisotopic (exact) mass is 356 g/mol. The number of furan rings is 1. The number of hydrogen-bond donors (Lipinski definition) is 1. The van der Waals surface area contributed by atoms with Gasteiger partial charge in [-0.15, -0.1) is 12.4 Å². The molecule has 2 heterocycles. The maximum absolute atomic E-state index is 13.0. The molecule has 2 aromatic carbocycles. The number of nitrogens with two attached hydrogens (primary N) is 1. The fourth-order valence-electron chi connectivity index (χ4n) is 3.67. The third-order valence-electron chi connectivity index (χ3n) is 4.97. The summed E-state index contributed by atoms with van der Waals surface area (Å²) in [6.45, 7) is 1.97. The molecule has 1 aliphatic heterocycles. The zero-order valence-corrected chi connectivity index (χ0v) is 14.6. The number of benzene rings is 2. The van der Waals surface area contributed by atoms with Gasteiger partial charge in [-0.25, -0.2) is 0 Å². The Morgan fingerprint density at radius 1 is 1.08 bits per heavy atom. The zero-order valence-electron chi connectivity index (χ0n) is 13.8. The highest BCUT2D eigenvalue weighted by Gasteiger charge is 2.36. The molecule has 0 aliphatic carbocycles. The van der Waals surface area contributed by atoms with Crippen LogP contribution in [0.2, 0.25) is 0 Å². The van der Waals surface area contributed by atoms with Gasteiger partial charge in [-0.05, 0) is 24.1 Å². The van der Waals surface area contributed by atoms with Crippen molar-refractivity contribution in [2.75, 3.05) is 19.6 Å². The largest absolute Gasteiger partial charge is 0.463 e. The summed E-state index contributed by atoms with van der Waals surface area (Å²) in [6.07, 6.45) is 1.57. The first kappa shape index (κ1) is 17.5. The van der Waals surface area contributed by atoms with E-state index in [0.29, 0.717) is 31.1 Å². The molecular formula is C20H21ClN2O2. The Morgan fingerprint density at radius 3 is 2.56 bits per heavy atom. The summed E-state index contributed by atoms with van der Waals surface area (Å²) in [5.41, 5.74) is 8.61. The van der Waals surface area contributed by atoms with Crippen molar-refractivity contribution in [3.63, 3.8) is 0 Å². The summed E-state index contributed by atoms with van der Waals surface area (Å²) < 4.78 is 5.52. The van der Waals surface area contributed by atoms with E-state index in [9.17, 15) is 4.79 Å². The molecule has 0 radical (unpaired) electrons. The molecule has 1 saturated heterocycles. The van der Waals surface area contributed by atoms with Crippen LogP contribution in [0.4, 0.5) is 0 Å². The molecule has 1 fully saturated rings. The summed E-state index contributed by atoms with van der Waals surface area (Å²) in [7, 11) is 0. The van der Waals surface area contributed by atoms with E-state index in [-0.39, 0.29) is 24.2 Å². The fourth-order valence-corrected chi connectivity index (χ4v) is 3.67. The topological polar surface area (TPSA) is 59.5 Å². The van der Waals surface area contributed by atoms with Gasteiger partial charge in [0, 0.05) is 24.4 Å². The number of fused-ring (bicyclic) bond motifs is 1. The van der Waals surface area contributed by atoms with Crippen LogP contribution >= 0.6 is 12.4 Å². The summed E-state index contributed by atoms with van der Waals surface area (Å²) in [4.78, 5) is 14.9. The van der Waals surface area contributed by atoms with E-state index in [4.69, 9.17) is 10.2 Å². The standard InChI is InChI=1S/C20H20N2O2.ClH/c21-10-15-11-22(12-17(15)14-6-2-1-3-7-14)20(23)18-13-24-19-9-5-4-8-16(18)19;/h1-9,13,15,17H,10-12,21H2;1H/t15-,17+;/m1./s1. The van der Waals surface area contributed by atoms with Gasteiger partial charge >= 0.3 is 0 Å². The van der Waals surface area contributed by atoms with Crippen molar-refractivity contribution in [2.24, 2.45) is 11.7 Å². The highest BCUT2D eigenvalue weighted by atomic mass is 35.5. The van der Waals surface area contributed by atoms with Crippen LogP contribution in [0.15, 0.2) is 65.3 Å². The number of carbonyl (C=O) groups is 1. The molecule has 25 heavy (non-hydrogen) atoms. The van der Waals surface area contributed by atoms with Crippen LogP contribution in [0, 0.1) is 5.92 Å². The number of nitrogens with zero attached hydrogens (tertiary/aromatic N) is 1. The van der Waals surface area contributed by atoms with E-state index in [2.05, 4.69) is 12.1 Å². The summed E-state index contributed by atoms with van der Waals surface area (Å²) in [5.74, 6) is 0.602. The van der Waals surface area contributed by atoms with Crippen LogP contribution in [0.1, 0.15) is 21.8 Å². The van der Waals surface area contributed by atoms with Gasteiger partial charge in [-0.1, -0.05) is 48.5 Å². The molecule has 4 rings (SSSR count). The second-order valence-electron chi connectivity index (χ2n) is 6.37. The minimum absolute atomic E-state index is 0. The molecule has 1 amide bonds. The molecule has 0 spiro atoms. The van der Waals surface area contributed by atoms with Crippen molar-refractivity contribution >= 4 is 29.3 Å². The van der Waals surface area contributed by atoms with Crippen molar-refractivity contribution in [3.8, 4) is 0 Å². The van der Waals surface area contributed by atoms with Gasteiger partial charge < -0.3 is 15.1 Å². The van der Waals surface area contributed by atoms with Crippen LogP contribution in [0.5, 0.6) is 0 Å². The Labute approximate surface area is 153 Å². The van der Waals surface area contributed by atoms with Crippen LogP contribution in [0.25, 0.3) is 11.0 Å². The van der Waals surface area contributed by atoms with Crippen LogP contribution in [0.3, 0.4) is 0 Å². The van der Waals surface area contributed by atoms with Gasteiger partial charge in [0.05, 0.1) is 5.56 Å². The first-order chi connectivity index (χ1) is 11.8. The lowest BCUT2D eigenvalue weighted by Crippen LogP contribution is -2.29. The highest BCUT2D eigenvalue weighted by molar-refractivity contribution is 6.06. The molecule has 0 saturated carbocycles. The van der Waals surface area contributed by atoms with E-state index < -0.39 is 0 Å². The summed E-state index contributed by atoms with van der Waals surface area (Å²) >= 11 is 0. The van der Waals surface area contributed by atoms with Gasteiger partial charge in [-0.2, -0.15) is 0 Å². The normalized spacial score (nSPS) is 19.8. The van der Waals surface area contributed by atoms with Gasteiger partial charge in [0.15, 0.2) is 0 Å². The smallest absolute Gasteiger partial charge is 0.257 e. The molecule has 2 atom stereocenters. The third-order valence-corrected chi connectivity index (χ3v) is 4.97. The number of amides is 1. The maximum Gasteiger partial charge on any atom is 0.257 e. The van der Waals surface area contributed by atoms with E-state index in [1.165, 1.54) is 5.56 Å². The predicted octanol–water partition coefficient (Wildman–Crippen LogP) is 3.67. The van der Waals surface area contributed by atoms with E-state index in [1.54, 1.807) is 6.26 Å². The van der Waals surface area contributed by atoms with Gasteiger partial charge in [0.1, 0.15) is 11.8 Å². The fraction of sp³-hybridized carbons (Fsp3) is 0.250. The van der Waals surface area contributed by atoms with Crippen molar-refractivity contribution < 1.29 is 9.21 Å². The number of halogens is 1. The van der Waals surface area contributed by atoms with Crippen LogP contribution in [-0.4, -0.2) is 30.4 Å². The van der Waals surface area contributed by atoms with Gasteiger partial charge in [0.2, 0.25) is 0 Å². The van der Waals surface area contributed by atoms with E-state index in [1.807, 2.05) is 47.4 Å². The Kier molecular flexibility index (Phi) is 5.11. The third kappa shape index (κ3) is 3.15. The number of likely N-dealkylation sites (tertiary alicyclic amines) is 1. The lowest BCUT2D eigenvalue weighted by atomic mass is 9.89. The second kappa shape index (κ2) is 7.30. The molecule has 1 aliphatic rings.